The van der Waals surface area contributed by atoms with E-state index < -0.39 is 21.4 Å². The van der Waals surface area contributed by atoms with E-state index in [4.69, 9.17) is 4.55 Å². The Labute approximate surface area is 160 Å². The van der Waals surface area contributed by atoms with Crippen molar-refractivity contribution in [1.29, 1.82) is 0 Å². The van der Waals surface area contributed by atoms with Gasteiger partial charge in [0, 0.05) is 13.0 Å². The van der Waals surface area contributed by atoms with Crippen molar-refractivity contribution < 1.29 is 17.8 Å². The Hall–Kier alpha value is -0.660. The van der Waals surface area contributed by atoms with Crippen LogP contribution in [0.15, 0.2) is 0 Å². The highest BCUT2D eigenvalue weighted by Gasteiger charge is 2.26. The van der Waals surface area contributed by atoms with Crippen LogP contribution in [0.25, 0.3) is 0 Å². The molecule has 0 rings (SSSR count). The van der Waals surface area contributed by atoms with Crippen LogP contribution in [0, 0.1) is 0 Å². The van der Waals surface area contributed by atoms with Crippen molar-refractivity contribution in [3.63, 3.8) is 0 Å². The molecule has 7 heteroatoms. The van der Waals surface area contributed by atoms with Crippen molar-refractivity contribution >= 4 is 16.0 Å². The van der Waals surface area contributed by atoms with E-state index in [9.17, 15) is 13.2 Å². The lowest BCUT2D eigenvalue weighted by Gasteiger charge is -2.24. The molecule has 0 bridgehead atoms. The highest BCUT2D eigenvalue weighted by Crippen LogP contribution is 2.10. The number of rotatable bonds is 17. The molecule has 0 saturated carbocycles. The standard InChI is InChI=1S/C19H40N2O4S/c1-4-5-6-7-8-9-10-11-12-13-15-20-16-14-18(22)21-19(2,3)17-26(23,24)25/h20H,4-17H2,1-3H3,(H,21,22)(H,23,24,25). The Bertz CT molecular complexity index is 464. The zero-order valence-corrected chi connectivity index (χ0v) is 17.8. The van der Waals surface area contributed by atoms with Gasteiger partial charge in [-0.25, -0.2) is 0 Å². The lowest BCUT2D eigenvalue weighted by atomic mass is 10.1. The van der Waals surface area contributed by atoms with E-state index in [2.05, 4.69) is 17.6 Å². The first-order valence-electron chi connectivity index (χ1n) is 10.1. The summed E-state index contributed by atoms with van der Waals surface area (Å²) in [5.74, 6) is -0.702. The van der Waals surface area contributed by atoms with Crippen molar-refractivity contribution in [3.8, 4) is 0 Å². The topological polar surface area (TPSA) is 95.5 Å². The third kappa shape index (κ3) is 18.1. The molecule has 26 heavy (non-hydrogen) atoms. The van der Waals surface area contributed by atoms with E-state index in [1.807, 2.05) is 0 Å². The summed E-state index contributed by atoms with van der Waals surface area (Å²) >= 11 is 0. The molecule has 0 atom stereocenters. The zero-order chi connectivity index (χ0) is 19.9. The molecule has 0 aromatic carbocycles. The van der Waals surface area contributed by atoms with Gasteiger partial charge < -0.3 is 10.6 Å². The zero-order valence-electron chi connectivity index (χ0n) is 17.0. The van der Waals surface area contributed by atoms with Crippen LogP contribution in [0.4, 0.5) is 0 Å². The van der Waals surface area contributed by atoms with E-state index in [-0.39, 0.29) is 5.91 Å². The lowest BCUT2D eigenvalue weighted by molar-refractivity contribution is -0.122. The van der Waals surface area contributed by atoms with Crippen molar-refractivity contribution in [2.45, 2.75) is 96.9 Å². The van der Waals surface area contributed by atoms with Crippen LogP contribution in [0.3, 0.4) is 0 Å². The van der Waals surface area contributed by atoms with Crippen LogP contribution in [0.1, 0.15) is 91.4 Å². The van der Waals surface area contributed by atoms with Crippen LogP contribution >= 0.6 is 0 Å². The van der Waals surface area contributed by atoms with Crippen LogP contribution in [0.2, 0.25) is 0 Å². The molecule has 0 aliphatic heterocycles. The Morgan fingerprint density at radius 1 is 0.885 bits per heavy atom. The Balaban J connectivity index is 3.48. The molecular formula is C19H40N2O4S. The Morgan fingerprint density at radius 2 is 1.38 bits per heavy atom. The van der Waals surface area contributed by atoms with Gasteiger partial charge in [0.05, 0.1) is 11.3 Å². The molecule has 0 aliphatic rings. The first-order valence-corrected chi connectivity index (χ1v) is 11.7. The fourth-order valence-electron chi connectivity index (χ4n) is 3.00. The molecule has 3 N–H and O–H groups in total. The summed E-state index contributed by atoms with van der Waals surface area (Å²) in [5, 5.41) is 5.89. The summed E-state index contributed by atoms with van der Waals surface area (Å²) in [5.41, 5.74) is -0.971. The van der Waals surface area contributed by atoms with E-state index in [0.717, 1.165) is 13.0 Å². The fourth-order valence-corrected chi connectivity index (χ4v) is 3.98. The molecule has 6 nitrogen and oxygen atoms in total. The average Bonchev–Trinajstić information content (AvgIpc) is 2.48. The van der Waals surface area contributed by atoms with Crippen molar-refractivity contribution in [2.24, 2.45) is 0 Å². The minimum absolute atomic E-state index is 0.214. The van der Waals surface area contributed by atoms with Gasteiger partial charge in [0.15, 0.2) is 0 Å². The molecule has 0 unspecified atom stereocenters. The van der Waals surface area contributed by atoms with Crippen LogP contribution < -0.4 is 10.6 Å². The fraction of sp³-hybridized carbons (Fsp3) is 0.947. The monoisotopic (exact) mass is 392 g/mol. The van der Waals surface area contributed by atoms with Gasteiger partial charge in [0.25, 0.3) is 10.1 Å². The minimum Gasteiger partial charge on any atom is -0.350 e. The maximum Gasteiger partial charge on any atom is 0.267 e. The van der Waals surface area contributed by atoms with Crippen molar-refractivity contribution in [3.05, 3.63) is 0 Å². The molecule has 0 aliphatic carbocycles. The largest absolute Gasteiger partial charge is 0.350 e. The smallest absolute Gasteiger partial charge is 0.267 e. The predicted molar refractivity (Wildman–Crippen MR) is 108 cm³/mol. The molecule has 0 radical (unpaired) electrons. The summed E-state index contributed by atoms with van der Waals surface area (Å²) in [6.45, 7) is 6.88. The molecule has 1 amide bonds. The van der Waals surface area contributed by atoms with Crippen LogP contribution in [0.5, 0.6) is 0 Å². The molecule has 0 spiro atoms. The Kier molecular flexibility index (Phi) is 14.0. The minimum atomic E-state index is -4.11. The highest BCUT2D eigenvalue weighted by molar-refractivity contribution is 7.85. The maximum atomic E-state index is 11.8. The van der Waals surface area contributed by atoms with Gasteiger partial charge in [-0.15, -0.1) is 0 Å². The second-order valence-corrected chi connectivity index (χ2v) is 9.29. The summed E-state index contributed by atoms with van der Waals surface area (Å²) < 4.78 is 30.7. The first kappa shape index (κ1) is 25.3. The molecule has 156 valence electrons. The number of unbranched alkanes of at least 4 members (excludes halogenated alkanes) is 9. The van der Waals surface area contributed by atoms with Crippen molar-refractivity contribution in [2.75, 3.05) is 18.8 Å². The van der Waals surface area contributed by atoms with Gasteiger partial charge in [0.2, 0.25) is 5.91 Å². The van der Waals surface area contributed by atoms with Gasteiger partial charge in [-0.3, -0.25) is 9.35 Å². The molecule has 0 heterocycles. The second kappa shape index (κ2) is 14.4. The molecule has 0 fully saturated rings. The van der Waals surface area contributed by atoms with Gasteiger partial charge in [-0.1, -0.05) is 64.7 Å². The number of hydrogen-bond acceptors (Lipinski definition) is 4. The van der Waals surface area contributed by atoms with E-state index in [1.54, 1.807) is 13.8 Å². The number of carbonyl (C=O) groups excluding carboxylic acids is 1. The lowest BCUT2D eigenvalue weighted by Crippen LogP contribution is -2.48. The van der Waals surface area contributed by atoms with Gasteiger partial charge in [-0.2, -0.15) is 8.42 Å². The summed E-state index contributed by atoms with van der Waals surface area (Å²) in [4.78, 5) is 11.8. The third-order valence-corrected chi connectivity index (χ3v) is 5.34. The van der Waals surface area contributed by atoms with Gasteiger partial charge in [0.1, 0.15) is 0 Å². The molecule has 0 aromatic heterocycles. The molecule has 0 saturated heterocycles. The third-order valence-electron chi connectivity index (χ3n) is 4.26. The molecular weight excluding hydrogens is 352 g/mol. The van der Waals surface area contributed by atoms with Gasteiger partial charge >= 0.3 is 0 Å². The quantitative estimate of drug-likeness (QED) is 0.259. The highest BCUT2D eigenvalue weighted by atomic mass is 32.2. The van der Waals surface area contributed by atoms with Crippen molar-refractivity contribution in [1.82, 2.24) is 10.6 Å². The second-order valence-electron chi connectivity index (χ2n) is 7.84. The number of hydrogen-bond donors (Lipinski definition) is 3. The summed E-state index contributed by atoms with van der Waals surface area (Å²) in [7, 11) is -4.11. The Morgan fingerprint density at radius 3 is 1.88 bits per heavy atom. The average molecular weight is 393 g/mol. The SMILES string of the molecule is CCCCCCCCCCCCNCCC(=O)NC(C)(C)CS(=O)(=O)O. The normalized spacial score (nSPS) is 12.3. The van der Waals surface area contributed by atoms with E-state index in [1.165, 1.54) is 57.8 Å². The first-order chi connectivity index (χ1) is 12.2. The van der Waals surface area contributed by atoms with Crippen LogP contribution in [-0.2, 0) is 14.9 Å². The number of amides is 1. The van der Waals surface area contributed by atoms with E-state index >= 15 is 0 Å². The maximum absolute atomic E-state index is 11.8. The number of nitrogens with one attached hydrogen (secondary N) is 2. The van der Waals surface area contributed by atoms with Crippen LogP contribution in [-0.4, -0.2) is 43.3 Å². The summed E-state index contributed by atoms with van der Waals surface area (Å²) in [6, 6.07) is 0. The summed E-state index contributed by atoms with van der Waals surface area (Å²) in [6.07, 6.45) is 13.3. The van der Waals surface area contributed by atoms with E-state index in [0.29, 0.717) is 13.0 Å². The molecule has 0 aromatic rings. The van der Waals surface area contributed by atoms with Gasteiger partial charge in [-0.05, 0) is 26.8 Å². The predicted octanol–water partition coefficient (Wildman–Crippen LogP) is 3.67. The number of carbonyl (C=O) groups is 1.